The summed E-state index contributed by atoms with van der Waals surface area (Å²) in [5.41, 5.74) is 3.90. The zero-order chi connectivity index (χ0) is 18.2. The van der Waals surface area contributed by atoms with E-state index in [1.54, 1.807) is 6.26 Å². The summed E-state index contributed by atoms with van der Waals surface area (Å²) in [5, 5.41) is 10.4. The van der Waals surface area contributed by atoms with Gasteiger partial charge in [0.05, 0.1) is 19.0 Å². The van der Waals surface area contributed by atoms with Crippen LogP contribution in [0.15, 0.2) is 41.0 Å². The molecule has 0 amide bonds. The molecule has 2 aromatic rings. The summed E-state index contributed by atoms with van der Waals surface area (Å²) in [7, 11) is 0. The second kappa shape index (κ2) is 9.76. The summed E-state index contributed by atoms with van der Waals surface area (Å²) >= 11 is 0. The third-order valence-corrected chi connectivity index (χ3v) is 4.67. The number of aryl methyl sites for hydroxylation is 2. The van der Waals surface area contributed by atoms with E-state index < -0.39 is 6.10 Å². The summed E-state index contributed by atoms with van der Waals surface area (Å²) in [6, 6.07) is 10.7. The molecule has 0 saturated carbocycles. The van der Waals surface area contributed by atoms with Crippen LogP contribution >= 0.6 is 0 Å². The van der Waals surface area contributed by atoms with Gasteiger partial charge in [-0.25, -0.2) is 0 Å². The molecule has 4 heteroatoms. The highest BCUT2D eigenvalue weighted by Crippen LogP contribution is 2.16. The van der Waals surface area contributed by atoms with Crippen molar-refractivity contribution in [3.8, 4) is 0 Å². The molecule has 25 heavy (non-hydrogen) atoms. The lowest BCUT2D eigenvalue weighted by Crippen LogP contribution is -2.40. The molecule has 0 spiro atoms. The van der Waals surface area contributed by atoms with Crippen LogP contribution in [0.1, 0.15) is 42.7 Å². The van der Waals surface area contributed by atoms with Crippen LogP contribution in [-0.4, -0.2) is 35.3 Å². The van der Waals surface area contributed by atoms with Crippen LogP contribution in [0.4, 0.5) is 0 Å². The fraction of sp³-hybridized carbons (Fsp3) is 0.524. The van der Waals surface area contributed by atoms with Crippen LogP contribution in [0.25, 0.3) is 0 Å². The van der Waals surface area contributed by atoms with E-state index in [2.05, 4.69) is 50.8 Å². The predicted molar refractivity (Wildman–Crippen MR) is 100 cm³/mol. The van der Waals surface area contributed by atoms with E-state index in [4.69, 9.17) is 9.15 Å². The number of furan rings is 1. The van der Waals surface area contributed by atoms with Crippen LogP contribution in [0.3, 0.4) is 0 Å². The molecule has 1 aromatic carbocycles. The van der Waals surface area contributed by atoms with Crippen LogP contribution in [0.5, 0.6) is 0 Å². The van der Waals surface area contributed by atoms with E-state index in [0.29, 0.717) is 25.8 Å². The van der Waals surface area contributed by atoms with Gasteiger partial charge in [0.25, 0.3) is 0 Å². The van der Waals surface area contributed by atoms with Crippen LogP contribution in [-0.2, 0) is 17.9 Å². The zero-order valence-corrected chi connectivity index (χ0v) is 15.9. The molecule has 2 unspecified atom stereocenters. The first-order valence-electron chi connectivity index (χ1n) is 9.08. The second-order valence-electron chi connectivity index (χ2n) is 6.86. The minimum Gasteiger partial charge on any atom is -0.467 e. The molecule has 0 aliphatic heterocycles. The Bertz CT molecular complexity index is 624. The predicted octanol–water partition coefficient (Wildman–Crippen LogP) is 4.07. The number of hydrogen-bond acceptors (Lipinski definition) is 4. The Kier molecular flexibility index (Phi) is 7.69. The molecule has 0 fully saturated rings. The smallest absolute Gasteiger partial charge is 0.129 e. The summed E-state index contributed by atoms with van der Waals surface area (Å²) < 4.78 is 10.8. The van der Waals surface area contributed by atoms with Crippen molar-refractivity contribution < 1.29 is 14.3 Å². The first kappa shape index (κ1) is 19.7. The van der Waals surface area contributed by atoms with Gasteiger partial charge in [-0.15, -0.1) is 0 Å². The molecular weight excluding hydrogens is 314 g/mol. The molecular formula is C21H31NO3. The average Bonchev–Trinajstić information content (AvgIpc) is 3.09. The van der Waals surface area contributed by atoms with Gasteiger partial charge in [0.1, 0.15) is 12.4 Å². The van der Waals surface area contributed by atoms with Gasteiger partial charge < -0.3 is 14.3 Å². The summed E-state index contributed by atoms with van der Waals surface area (Å²) in [6.45, 7) is 10.8. The Labute approximate surface area is 151 Å². The van der Waals surface area contributed by atoms with Gasteiger partial charge >= 0.3 is 0 Å². The maximum absolute atomic E-state index is 10.4. The fourth-order valence-electron chi connectivity index (χ4n) is 2.91. The van der Waals surface area contributed by atoms with Crippen LogP contribution in [0, 0.1) is 13.8 Å². The van der Waals surface area contributed by atoms with Crippen LogP contribution < -0.4 is 0 Å². The molecule has 2 rings (SSSR count). The van der Waals surface area contributed by atoms with E-state index in [-0.39, 0.29) is 0 Å². The monoisotopic (exact) mass is 345 g/mol. The summed E-state index contributed by atoms with van der Waals surface area (Å²) in [4.78, 5) is 2.33. The third kappa shape index (κ3) is 6.31. The van der Waals surface area contributed by atoms with E-state index >= 15 is 0 Å². The van der Waals surface area contributed by atoms with Crippen molar-refractivity contribution in [1.82, 2.24) is 4.90 Å². The fourth-order valence-corrected chi connectivity index (χ4v) is 2.91. The quantitative estimate of drug-likeness (QED) is 0.705. The highest BCUT2D eigenvalue weighted by atomic mass is 16.5. The second-order valence-corrected chi connectivity index (χ2v) is 6.86. The van der Waals surface area contributed by atoms with Gasteiger partial charge in [-0.3, -0.25) is 4.90 Å². The van der Waals surface area contributed by atoms with Gasteiger partial charge in [0.15, 0.2) is 0 Å². The standard InChI is InChI=1S/C21H31NO3/c1-5-18(4)22(12-19-9-8-16(2)11-17(19)3)13-20(23)14-24-15-21-7-6-10-25-21/h6-11,18,20,23H,5,12-15H2,1-4H3. The molecule has 1 aromatic heterocycles. The maximum atomic E-state index is 10.4. The molecule has 1 N–H and O–H groups in total. The highest BCUT2D eigenvalue weighted by molar-refractivity contribution is 5.30. The van der Waals surface area contributed by atoms with Gasteiger partial charge in [-0.1, -0.05) is 30.7 Å². The number of aliphatic hydroxyl groups is 1. The van der Waals surface area contributed by atoms with Crippen molar-refractivity contribution in [2.24, 2.45) is 0 Å². The lowest BCUT2D eigenvalue weighted by molar-refractivity contribution is -0.00275. The summed E-state index contributed by atoms with van der Waals surface area (Å²) in [6.07, 6.45) is 2.16. The molecule has 0 saturated heterocycles. The Hall–Kier alpha value is -1.62. The Balaban J connectivity index is 1.90. The summed E-state index contributed by atoms with van der Waals surface area (Å²) in [5.74, 6) is 0.779. The van der Waals surface area contributed by atoms with Crippen molar-refractivity contribution in [2.75, 3.05) is 13.2 Å². The zero-order valence-electron chi connectivity index (χ0n) is 15.9. The Morgan fingerprint density at radius 3 is 2.68 bits per heavy atom. The third-order valence-electron chi connectivity index (χ3n) is 4.67. The van der Waals surface area contributed by atoms with Crippen molar-refractivity contribution in [3.63, 3.8) is 0 Å². The van der Waals surface area contributed by atoms with Crippen molar-refractivity contribution in [2.45, 2.75) is 59.4 Å². The van der Waals surface area contributed by atoms with Crippen molar-refractivity contribution in [1.29, 1.82) is 0 Å². The molecule has 0 aliphatic rings. The van der Waals surface area contributed by atoms with Gasteiger partial charge in [0, 0.05) is 19.1 Å². The van der Waals surface area contributed by atoms with E-state index in [9.17, 15) is 5.11 Å². The number of rotatable bonds is 10. The highest BCUT2D eigenvalue weighted by Gasteiger charge is 2.18. The Morgan fingerprint density at radius 1 is 1.24 bits per heavy atom. The number of ether oxygens (including phenoxy) is 1. The molecule has 138 valence electrons. The lowest BCUT2D eigenvalue weighted by Gasteiger charge is -2.31. The number of nitrogens with zero attached hydrogens (tertiary/aromatic N) is 1. The minimum atomic E-state index is -0.519. The topological polar surface area (TPSA) is 45.8 Å². The largest absolute Gasteiger partial charge is 0.467 e. The first-order valence-corrected chi connectivity index (χ1v) is 9.08. The lowest BCUT2D eigenvalue weighted by atomic mass is 10.0. The van der Waals surface area contributed by atoms with Gasteiger partial charge in [-0.05, 0) is 50.5 Å². The number of aliphatic hydroxyl groups excluding tert-OH is 1. The normalized spacial score (nSPS) is 14.0. The first-order chi connectivity index (χ1) is 12.0. The van der Waals surface area contributed by atoms with Gasteiger partial charge in [0.2, 0.25) is 0 Å². The Morgan fingerprint density at radius 2 is 2.04 bits per heavy atom. The van der Waals surface area contributed by atoms with E-state index in [1.807, 2.05) is 12.1 Å². The van der Waals surface area contributed by atoms with E-state index in [1.165, 1.54) is 16.7 Å². The molecule has 0 radical (unpaired) electrons. The number of benzene rings is 1. The van der Waals surface area contributed by atoms with E-state index in [0.717, 1.165) is 18.7 Å². The minimum absolute atomic E-state index is 0.306. The number of hydrogen-bond donors (Lipinski definition) is 1. The maximum Gasteiger partial charge on any atom is 0.129 e. The molecule has 4 nitrogen and oxygen atoms in total. The average molecular weight is 345 g/mol. The SMILES string of the molecule is CCC(C)N(Cc1ccc(C)cc1C)CC(O)COCc1ccco1. The van der Waals surface area contributed by atoms with Crippen molar-refractivity contribution in [3.05, 3.63) is 59.0 Å². The molecule has 2 atom stereocenters. The molecule has 1 heterocycles. The van der Waals surface area contributed by atoms with Crippen molar-refractivity contribution >= 4 is 0 Å². The van der Waals surface area contributed by atoms with Gasteiger partial charge in [-0.2, -0.15) is 0 Å². The molecule has 0 bridgehead atoms. The molecule has 0 aliphatic carbocycles. The van der Waals surface area contributed by atoms with Crippen LogP contribution in [0.2, 0.25) is 0 Å².